The first-order valence-electron chi connectivity index (χ1n) is 11.1. The molecule has 0 aliphatic carbocycles. The molecule has 34 heavy (non-hydrogen) atoms. The zero-order chi connectivity index (χ0) is 23.6. The van der Waals surface area contributed by atoms with E-state index in [9.17, 15) is 4.79 Å². The zero-order valence-electron chi connectivity index (χ0n) is 18.7. The van der Waals surface area contributed by atoms with E-state index in [-0.39, 0.29) is 18.1 Å². The highest BCUT2D eigenvalue weighted by atomic mass is 32.2. The van der Waals surface area contributed by atoms with Crippen molar-refractivity contribution in [3.63, 3.8) is 0 Å². The number of thioether (sulfide) groups is 1. The number of aromatic nitrogens is 3. The highest BCUT2D eigenvalue weighted by molar-refractivity contribution is 7.99. The second-order valence-corrected chi connectivity index (χ2v) is 9.59. The summed E-state index contributed by atoms with van der Waals surface area (Å²) in [5.41, 5.74) is 2.05. The van der Waals surface area contributed by atoms with Gasteiger partial charge in [-0.2, -0.15) is 5.26 Å². The van der Waals surface area contributed by atoms with E-state index in [2.05, 4.69) is 44.4 Å². The summed E-state index contributed by atoms with van der Waals surface area (Å²) < 4.78 is 2.13. The molecular weight excluding hydrogens is 462 g/mol. The number of para-hydroxylation sites is 1. The number of aryl methyl sites for hydroxylation is 1. The number of benzene rings is 2. The molecule has 6 nitrogen and oxygen atoms in total. The fourth-order valence-corrected chi connectivity index (χ4v) is 5.17. The van der Waals surface area contributed by atoms with Crippen molar-refractivity contribution in [1.82, 2.24) is 14.8 Å². The van der Waals surface area contributed by atoms with Crippen LogP contribution in [0, 0.1) is 11.3 Å². The van der Waals surface area contributed by atoms with Gasteiger partial charge < -0.3 is 9.47 Å². The predicted octanol–water partition coefficient (Wildman–Crippen LogP) is 5.21. The van der Waals surface area contributed by atoms with Crippen LogP contribution < -0.4 is 4.90 Å². The highest BCUT2D eigenvalue weighted by Crippen LogP contribution is 2.23. The minimum absolute atomic E-state index is 0.0520. The van der Waals surface area contributed by atoms with E-state index in [0.717, 1.165) is 29.6 Å². The third-order valence-corrected chi connectivity index (χ3v) is 7.14. The van der Waals surface area contributed by atoms with E-state index in [1.165, 1.54) is 22.2 Å². The monoisotopic (exact) mass is 487 g/mol. The van der Waals surface area contributed by atoms with Gasteiger partial charge in [-0.05, 0) is 35.6 Å². The molecule has 0 N–H and O–H groups in total. The van der Waals surface area contributed by atoms with Gasteiger partial charge in [0.2, 0.25) is 5.91 Å². The Morgan fingerprint density at radius 3 is 2.50 bits per heavy atom. The van der Waals surface area contributed by atoms with Gasteiger partial charge in [-0.1, -0.05) is 66.4 Å². The lowest BCUT2D eigenvalue weighted by Crippen LogP contribution is -2.33. The molecule has 4 aromatic rings. The molecule has 172 valence electrons. The Hall–Kier alpha value is -3.41. The number of carbonyl (C=O) groups excluding carboxylic acids is 1. The number of rotatable bonds is 11. The van der Waals surface area contributed by atoms with Gasteiger partial charge in [-0.15, -0.1) is 21.5 Å². The number of thiophene rings is 1. The molecule has 8 heteroatoms. The molecule has 0 unspecified atom stereocenters. The van der Waals surface area contributed by atoms with Crippen LogP contribution in [0.3, 0.4) is 0 Å². The molecule has 1 amide bonds. The fourth-order valence-electron chi connectivity index (χ4n) is 3.61. The maximum Gasteiger partial charge on any atom is 0.237 e. The van der Waals surface area contributed by atoms with Gasteiger partial charge in [-0.3, -0.25) is 4.79 Å². The fraction of sp³-hybridized carbons (Fsp3) is 0.231. The van der Waals surface area contributed by atoms with Crippen LogP contribution in [0.25, 0.3) is 0 Å². The van der Waals surface area contributed by atoms with Gasteiger partial charge in [0.15, 0.2) is 5.16 Å². The van der Waals surface area contributed by atoms with Crippen molar-refractivity contribution >= 4 is 34.7 Å². The summed E-state index contributed by atoms with van der Waals surface area (Å²) in [6.45, 7) is 1.11. The lowest BCUT2D eigenvalue weighted by atomic mass is 10.1. The lowest BCUT2D eigenvalue weighted by Gasteiger charge is -2.21. The quantitative estimate of drug-likeness (QED) is 0.271. The molecule has 4 rings (SSSR count). The molecular formula is C26H25N5OS2. The topological polar surface area (TPSA) is 74.8 Å². The number of hydrogen-bond acceptors (Lipinski definition) is 6. The van der Waals surface area contributed by atoms with E-state index in [4.69, 9.17) is 5.26 Å². The summed E-state index contributed by atoms with van der Waals surface area (Å²) in [6.07, 6.45) is 1.85. The first-order chi connectivity index (χ1) is 16.7. The number of amides is 1. The average Bonchev–Trinajstić information content (AvgIpc) is 3.53. The van der Waals surface area contributed by atoms with Crippen molar-refractivity contribution in [3.05, 3.63) is 94.4 Å². The van der Waals surface area contributed by atoms with E-state index >= 15 is 0 Å². The molecule has 0 radical (unpaired) electrons. The SMILES string of the molecule is N#CCCN(C(=O)CSc1nnc(Cc2cccs2)n1CCc1ccccc1)c1ccccc1. The van der Waals surface area contributed by atoms with Gasteiger partial charge in [0.05, 0.1) is 18.2 Å². The Morgan fingerprint density at radius 1 is 1.03 bits per heavy atom. The number of nitriles is 1. The first kappa shape index (κ1) is 23.7. The van der Waals surface area contributed by atoms with E-state index in [1.54, 1.807) is 16.2 Å². The van der Waals surface area contributed by atoms with E-state index in [0.29, 0.717) is 13.0 Å². The van der Waals surface area contributed by atoms with Gasteiger partial charge in [0.1, 0.15) is 5.82 Å². The minimum Gasteiger partial charge on any atom is -0.311 e. The Labute approximate surface area is 207 Å². The summed E-state index contributed by atoms with van der Waals surface area (Å²) in [6, 6.07) is 26.1. The largest absolute Gasteiger partial charge is 0.311 e. The second kappa shape index (κ2) is 12.2. The van der Waals surface area contributed by atoms with Crippen LogP contribution in [0.1, 0.15) is 22.7 Å². The normalized spacial score (nSPS) is 10.7. The highest BCUT2D eigenvalue weighted by Gasteiger charge is 2.19. The first-order valence-corrected chi connectivity index (χ1v) is 12.9. The molecule has 0 saturated carbocycles. The molecule has 0 aliphatic rings. The summed E-state index contributed by atoms with van der Waals surface area (Å²) in [4.78, 5) is 16.0. The van der Waals surface area contributed by atoms with Crippen LogP contribution in [-0.4, -0.2) is 33.0 Å². The Morgan fingerprint density at radius 2 is 1.79 bits per heavy atom. The molecule has 0 spiro atoms. The molecule has 0 fully saturated rings. The van der Waals surface area contributed by atoms with Crippen molar-refractivity contribution < 1.29 is 4.79 Å². The standard InChI is InChI=1S/C26H25N5OS2/c27-15-8-16-30(22-11-5-2-6-12-22)25(32)20-34-26-29-28-24(19-23-13-7-18-33-23)31(26)17-14-21-9-3-1-4-10-21/h1-7,9-13,18H,8,14,16-17,19-20H2. The van der Waals surface area contributed by atoms with Crippen molar-refractivity contribution in [2.24, 2.45) is 0 Å². The summed E-state index contributed by atoms with van der Waals surface area (Å²) in [5, 5.41) is 20.7. The molecule has 2 aromatic heterocycles. The van der Waals surface area contributed by atoms with Crippen LogP contribution >= 0.6 is 23.1 Å². The van der Waals surface area contributed by atoms with Gasteiger partial charge in [0, 0.05) is 30.1 Å². The average molecular weight is 488 g/mol. The molecule has 2 aromatic carbocycles. The number of anilines is 1. The maximum atomic E-state index is 13.1. The van der Waals surface area contributed by atoms with E-state index in [1.807, 2.05) is 54.6 Å². The number of hydrogen-bond donors (Lipinski definition) is 0. The van der Waals surface area contributed by atoms with Crippen LogP contribution in [-0.2, 0) is 24.2 Å². The van der Waals surface area contributed by atoms with Gasteiger partial charge >= 0.3 is 0 Å². The van der Waals surface area contributed by atoms with Crippen LogP contribution in [0.15, 0.2) is 83.3 Å². The summed E-state index contributed by atoms with van der Waals surface area (Å²) in [7, 11) is 0. The van der Waals surface area contributed by atoms with Crippen molar-refractivity contribution in [2.45, 2.75) is 31.0 Å². The Balaban J connectivity index is 1.50. The van der Waals surface area contributed by atoms with Gasteiger partial charge in [-0.25, -0.2) is 0 Å². The van der Waals surface area contributed by atoms with Crippen molar-refractivity contribution in [2.75, 3.05) is 17.2 Å². The molecule has 2 heterocycles. The molecule has 0 saturated heterocycles. The summed E-state index contributed by atoms with van der Waals surface area (Å²) >= 11 is 3.10. The molecule has 0 atom stereocenters. The molecule has 0 aliphatic heterocycles. The number of carbonyl (C=O) groups is 1. The van der Waals surface area contributed by atoms with E-state index < -0.39 is 0 Å². The Bertz CT molecular complexity index is 1220. The smallest absolute Gasteiger partial charge is 0.237 e. The lowest BCUT2D eigenvalue weighted by molar-refractivity contribution is -0.116. The minimum atomic E-state index is -0.0520. The summed E-state index contributed by atoms with van der Waals surface area (Å²) in [5.74, 6) is 1.07. The van der Waals surface area contributed by atoms with Gasteiger partial charge in [0.25, 0.3) is 0 Å². The second-order valence-electron chi connectivity index (χ2n) is 7.62. The zero-order valence-corrected chi connectivity index (χ0v) is 20.3. The van der Waals surface area contributed by atoms with Crippen molar-refractivity contribution in [3.8, 4) is 6.07 Å². The van der Waals surface area contributed by atoms with Crippen molar-refractivity contribution in [1.29, 1.82) is 5.26 Å². The van der Waals surface area contributed by atoms with Crippen LogP contribution in [0.4, 0.5) is 5.69 Å². The molecule has 0 bridgehead atoms. The number of nitrogens with zero attached hydrogens (tertiary/aromatic N) is 5. The van der Waals surface area contributed by atoms with Crippen LogP contribution in [0.2, 0.25) is 0 Å². The maximum absolute atomic E-state index is 13.1. The Kier molecular flexibility index (Phi) is 8.49. The van der Waals surface area contributed by atoms with Crippen LogP contribution in [0.5, 0.6) is 0 Å². The third kappa shape index (κ3) is 6.34. The third-order valence-electron chi connectivity index (χ3n) is 5.31. The predicted molar refractivity (Wildman–Crippen MR) is 137 cm³/mol.